The standard InChI is InChI=1S/C16H21N/c1-16(2)13-10-6-7-11-14(13)17-15(16)12-8-4-3-5-9-12/h3-5,8-9,13-14H,6-7,10-11H2,1-2H3/t13-,14+/m1/s1. The van der Waals surface area contributed by atoms with Crippen LogP contribution in [-0.2, 0) is 0 Å². The normalized spacial score (nSPS) is 30.8. The number of nitrogens with zero attached hydrogens (tertiary/aromatic N) is 1. The molecule has 0 radical (unpaired) electrons. The predicted octanol–water partition coefficient (Wildman–Crippen LogP) is 4.07. The summed E-state index contributed by atoms with van der Waals surface area (Å²) in [5.41, 5.74) is 2.92. The lowest BCUT2D eigenvalue weighted by Crippen LogP contribution is -2.34. The van der Waals surface area contributed by atoms with Crippen molar-refractivity contribution in [3.05, 3.63) is 35.9 Å². The topological polar surface area (TPSA) is 12.4 Å². The first-order valence-electron chi connectivity index (χ1n) is 6.83. The highest BCUT2D eigenvalue weighted by molar-refractivity contribution is 6.05. The molecule has 17 heavy (non-hydrogen) atoms. The maximum atomic E-state index is 5.05. The zero-order valence-corrected chi connectivity index (χ0v) is 10.8. The zero-order chi connectivity index (χ0) is 11.9. The molecule has 1 saturated carbocycles. The van der Waals surface area contributed by atoms with Gasteiger partial charge in [-0.3, -0.25) is 4.99 Å². The van der Waals surface area contributed by atoms with Gasteiger partial charge in [-0.1, -0.05) is 57.0 Å². The van der Waals surface area contributed by atoms with Crippen molar-refractivity contribution in [2.75, 3.05) is 0 Å². The second-order valence-electron chi connectivity index (χ2n) is 6.02. The summed E-state index contributed by atoms with van der Waals surface area (Å²) in [5, 5.41) is 0. The molecular weight excluding hydrogens is 206 g/mol. The first kappa shape index (κ1) is 11.0. The van der Waals surface area contributed by atoms with Crippen LogP contribution in [-0.4, -0.2) is 11.8 Å². The minimum atomic E-state index is 0.256. The summed E-state index contributed by atoms with van der Waals surface area (Å²) in [6.45, 7) is 4.77. The van der Waals surface area contributed by atoms with Gasteiger partial charge in [0.05, 0.1) is 6.04 Å². The van der Waals surface area contributed by atoms with Gasteiger partial charge in [0, 0.05) is 11.1 Å². The monoisotopic (exact) mass is 227 g/mol. The van der Waals surface area contributed by atoms with Gasteiger partial charge in [-0.15, -0.1) is 0 Å². The third kappa shape index (κ3) is 1.72. The molecule has 1 heterocycles. The maximum absolute atomic E-state index is 5.05. The average molecular weight is 227 g/mol. The second kappa shape index (κ2) is 3.97. The van der Waals surface area contributed by atoms with Gasteiger partial charge in [0.2, 0.25) is 0 Å². The van der Waals surface area contributed by atoms with Crippen LogP contribution in [0.25, 0.3) is 0 Å². The lowest BCUT2D eigenvalue weighted by atomic mass is 9.68. The van der Waals surface area contributed by atoms with Gasteiger partial charge in [-0.05, 0) is 24.3 Å². The Labute approximate surface area is 104 Å². The molecule has 1 aromatic rings. The molecule has 0 N–H and O–H groups in total. The zero-order valence-electron chi connectivity index (χ0n) is 10.8. The fraction of sp³-hybridized carbons (Fsp3) is 0.562. The fourth-order valence-electron chi connectivity index (χ4n) is 3.66. The lowest BCUT2D eigenvalue weighted by molar-refractivity contribution is 0.224. The second-order valence-corrected chi connectivity index (χ2v) is 6.02. The SMILES string of the molecule is CC1(C)C(c2ccccc2)=N[C@H]2CCCC[C@H]21. The summed E-state index contributed by atoms with van der Waals surface area (Å²) in [7, 11) is 0. The molecule has 1 fully saturated rings. The Bertz CT molecular complexity index is 430. The van der Waals surface area contributed by atoms with Crippen molar-refractivity contribution in [2.24, 2.45) is 16.3 Å². The van der Waals surface area contributed by atoms with E-state index in [9.17, 15) is 0 Å². The van der Waals surface area contributed by atoms with Crippen molar-refractivity contribution < 1.29 is 0 Å². The average Bonchev–Trinajstić information content (AvgIpc) is 2.63. The van der Waals surface area contributed by atoms with Gasteiger partial charge in [-0.25, -0.2) is 0 Å². The molecule has 1 nitrogen and oxygen atoms in total. The van der Waals surface area contributed by atoms with Crippen molar-refractivity contribution >= 4 is 5.71 Å². The van der Waals surface area contributed by atoms with Gasteiger partial charge < -0.3 is 0 Å². The molecule has 0 bridgehead atoms. The first-order chi connectivity index (χ1) is 8.19. The number of aliphatic imine (C=N–C) groups is 1. The van der Waals surface area contributed by atoms with E-state index in [0.717, 1.165) is 5.92 Å². The summed E-state index contributed by atoms with van der Waals surface area (Å²) < 4.78 is 0. The Morgan fingerprint density at radius 3 is 2.47 bits per heavy atom. The molecule has 3 rings (SSSR count). The van der Waals surface area contributed by atoms with Crippen LogP contribution in [0, 0.1) is 11.3 Å². The Balaban J connectivity index is 1.99. The first-order valence-corrected chi connectivity index (χ1v) is 6.83. The fourth-order valence-corrected chi connectivity index (χ4v) is 3.66. The van der Waals surface area contributed by atoms with Crippen LogP contribution in [0.4, 0.5) is 0 Å². The quantitative estimate of drug-likeness (QED) is 0.685. The number of fused-ring (bicyclic) bond motifs is 1. The summed E-state index contributed by atoms with van der Waals surface area (Å²) in [4.78, 5) is 5.05. The number of rotatable bonds is 1. The molecule has 0 saturated heterocycles. The van der Waals surface area contributed by atoms with Gasteiger partial charge in [-0.2, -0.15) is 0 Å². The highest BCUT2D eigenvalue weighted by atomic mass is 14.9. The molecule has 0 aromatic heterocycles. The van der Waals surface area contributed by atoms with E-state index in [2.05, 4.69) is 44.2 Å². The molecule has 2 aliphatic rings. The van der Waals surface area contributed by atoms with Crippen LogP contribution in [0.1, 0.15) is 45.1 Å². The summed E-state index contributed by atoms with van der Waals surface area (Å²) in [6, 6.07) is 11.3. The summed E-state index contributed by atoms with van der Waals surface area (Å²) in [6.07, 6.45) is 5.41. The van der Waals surface area contributed by atoms with Crippen LogP contribution in [0.3, 0.4) is 0 Å². The predicted molar refractivity (Wildman–Crippen MR) is 72.5 cm³/mol. The van der Waals surface area contributed by atoms with Crippen molar-refractivity contribution in [3.8, 4) is 0 Å². The molecule has 1 aromatic carbocycles. The Hall–Kier alpha value is -1.11. The highest BCUT2D eigenvalue weighted by Crippen LogP contribution is 2.47. The third-order valence-electron chi connectivity index (χ3n) is 4.61. The molecule has 90 valence electrons. The third-order valence-corrected chi connectivity index (χ3v) is 4.61. The number of benzene rings is 1. The van der Waals surface area contributed by atoms with Crippen LogP contribution in [0.5, 0.6) is 0 Å². The maximum Gasteiger partial charge on any atom is 0.0540 e. The van der Waals surface area contributed by atoms with E-state index in [0.29, 0.717) is 6.04 Å². The van der Waals surface area contributed by atoms with E-state index in [4.69, 9.17) is 4.99 Å². The van der Waals surface area contributed by atoms with E-state index < -0.39 is 0 Å². The molecule has 0 unspecified atom stereocenters. The minimum absolute atomic E-state index is 0.256. The van der Waals surface area contributed by atoms with Crippen LogP contribution >= 0.6 is 0 Å². The molecular formula is C16H21N. The van der Waals surface area contributed by atoms with Gasteiger partial charge in [0.15, 0.2) is 0 Å². The van der Waals surface area contributed by atoms with E-state index in [1.54, 1.807) is 0 Å². The molecule has 1 aliphatic carbocycles. The summed E-state index contributed by atoms with van der Waals surface area (Å²) in [5.74, 6) is 0.770. The van der Waals surface area contributed by atoms with Gasteiger partial charge in [0.1, 0.15) is 0 Å². The number of hydrogen-bond acceptors (Lipinski definition) is 1. The Morgan fingerprint density at radius 1 is 1.06 bits per heavy atom. The molecule has 2 atom stereocenters. The molecule has 1 aliphatic heterocycles. The largest absolute Gasteiger partial charge is 0.285 e. The Morgan fingerprint density at radius 2 is 1.76 bits per heavy atom. The lowest BCUT2D eigenvalue weighted by Gasteiger charge is -2.34. The van der Waals surface area contributed by atoms with Crippen LogP contribution < -0.4 is 0 Å². The van der Waals surface area contributed by atoms with E-state index in [1.165, 1.54) is 37.0 Å². The molecule has 0 amide bonds. The van der Waals surface area contributed by atoms with Crippen molar-refractivity contribution in [1.29, 1.82) is 0 Å². The van der Waals surface area contributed by atoms with Gasteiger partial charge in [0.25, 0.3) is 0 Å². The number of hydrogen-bond donors (Lipinski definition) is 0. The molecule has 0 spiro atoms. The smallest absolute Gasteiger partial charge is 0.0540 e. The van der Waals surface area contributed by atoms with Crippen molar-refractivity contribution in [3.63, 3.8) is 0 Å². The minimum Gasteiger partial charge on any atom is -0.285 e. The van der Waals surface area contributed by atoms with E-state index in [-0.39, 0.29) is 5.41 Å². The van der Waals surface area contributed by atoms with Gasteiger partial charge >= 0.3 is 0 Å². The van der Waals surface area contributed by atoms with Crippen LogP contribution in [0.15, 0.2) is 35.3 Å². The Kier molecular flexibility index (Phi) is 2.57. The van der Waals surface area contributed by atoms with Crippen LogP contribution in [0.2, 0.25) is 0 Å². The molecule has 1 heteroatoms. The summed E-state index contributed by atoms with van der Waals surface area (Å²) >= 11 is 0. The van der Waals surface area contributed by atoms with Crippen molar-refractivity contribution in [1.82, 2.24) is 0 Å². The van der Waals surface area contributed by atoms with E-state index >= 15 is 0 Å². The van der Waals surface area contributed by atoms with Crippen molar-refractivity contribution in [2.45, 2.75) is 45.6 Å². The van der Waals surface area contributed by atoms with E-state index in [1.807, 2.05) is 0 Å². The highest BCUT2D eigenvalue weighted by Gasteiger charge is 2.45.